The zero-order valence-corrected chi connectivity index (χ0v) is 11.2. The van der Waals surface area contributed by atoms with Crippen LogP contribution in [0.25, 0.3) is 0 Å². The van der Waals surface area contributed by atoms with Crippen molar-refractivity contribution in [1.29, 1.82) is 0 Å². The van der Waals surface area contributed by atoms with E-state index in [-0.39, 0.29) is 10.9 Å². The summed E-state index contributed by atoms with van der Waals surface area (Å²) in [5, 5.41) is 10.0. The van der Waals surface area contributed by atoms with Crippen LogP contribution in [0.2, 0.25) is 0 Å². The van der Waals surface area contributed by atoms with Gasteiger partial charge in [-0.15, -0.1) is 10.2 Å². The van der Waals surface area contributed by atoms with Crippen LogP contribution in [-0.4, -0.2) is 25.0 Å². The van der Waals surface area contributed by atoms with Crippen LogP contribution in [-0.2, 0) is 18.3 Å². The molecule has 0 fully saturated rings. The molecule has 0 saturated carbocycles. The molecule has 0 radical (unpaired) electrons. The lowest BCUT2D eigenvalue weighted by molar-refractivity contribution is -0.146. The van der Waals surface area contributed by atoms with Gasteiger partial charge in [0.1, 0.15) is 0 Å². The van der Waals surface area contributed by atoms with Crippen molar-refractivity contribution in [2.45, 2.75) is 36.9 Å². The Hall–Kier alpha value is -1.78. The summed E-state index contributed by atoms with van der Waals surface area (Å²) in [7, 11) is 0. The van der Waals surface area contributed by atoms with E-state index in [2.05, 4.69) is 20.3 Å². The van der Waals surface area contributed by atoms with E-state index in [1.54, 1.807) is 0 Å². The summed E-state index contributed by atoms with van der Waals surface area (Å²) in [6.07, 6.45) is -3.09. The number of alkyl halides is 3. The summed E-state index contributed by atoms with van der Waals surface area (Å²) in [5.74, 6) is 5.07. The van der Waals surface area contributed by atoms with Crippen LogP contribution < -0.4 is 5.84 Å². The van der Waals surface area contributed by atoms with Crippen molar-refractivity contribution < 1.29 is 17.7 Å². The van der Waals surface area contributed by atoms with Crippen LogP contribution in [0, 0.1) is 0 Å². The third-order valence-electron chi connectivity index (χ3n) is 2.23. The third kappa shape index (κ3) is 3.21. The van der Waals surface area contributed by atoms with Gasteiger partial charge in [0.05, 0.1) is 5.75 Å². The molecule has 2 heterocycles. The van der Waals surface area contributed by atoms with Gasteiger partial charge in [-0.25, -0.2) is 4.68 Å². The van der Waals surface area contributed by atoms with Gasteiger partial charge in [-0.1, -0.05) is 23.8 Å². The molecule has 0 aliphatic rings. The Bertz CT molecular complexity index is 580. The molecule has 2 aromatic rings. The van der Waals surface area contributed by atoms with Gasteiger partial charge in [-0.05, 0) is 6.42 Å². The summed E-state index contributed by atoms with van der Waals surface area (Å²) in [5.41, 5.74) is 0. The quantitative estimate of drug-likeness (QED) is 0.662. The van der Waals surface area contributed by atoms with Gasteiger partial charge in [0.25, 0.3) is 5.82 Å². The first-order chi connectivity index (χ1) is 9.41. The van der Waals surface area contributed by atoms with Gasteiger partial charge >= 0.3 is 6.18 Å². The fraction of sp³-hybridized carbons (Fsp3) is 0.556. The van der Waals surface area contributed by atoms with Crippen molar-refractivity contribution in [3.8, 4) is 0 Å². The second-order valence-corrected chi connectivity index (χ2v) is 4.76. The molecular formula is C9H11F3N6OS. The lowest BCUT2D eigenvalue weighted by Gasteiger charge is -2.05. The van der Waals surface area contributed by atoms with Crippen molar-refractivity contribution in [2.24, 2.45) is 0 Å². The van der Waals surface area contributed by atoms with Crippen LogP contribution >= 0.6 is 11.8 Å². The number of hydrogen-bond donors (Lipinski definition) is 1. The van der Waals surface area contributed by atoms with Crippen molar-refractivity contribution >= 4 is 11.8 Å². The molecule has 0 amide bonds. The molecule has 0 spiro atoms. The minimum Gasteiger partial charge on any atom is -0.338 e. The van der Waals surface area contributed by atoms with Gasteiger partial charge in [-0.2, -0.15) is 18.2 Å². The standard InChI is InChI=1S/C9H11F3N6OS/c1-2-3-5-14-6(19-17-5)4-20-8-16-15-7(18(8)13)9(10,11)12/h2-4,13H2,1H3. The smallest absolute Gasteiger partial charge is 0.338 e. The van der Waals surface area contributed by atoms with Crippen LogP contribution in [0.1, 0.15) is 30.9 Å². The molecular weight excluding hydrogens is 297 g/mol. The molecule has 11 heteroatoms. The Balaban J connectivity index is 2.02. The first-order valence-corrected chi connectivity index (χ1v) is 6.62. The van der Waals surface area contributed by atoms with Crippen LogP contribution in [0.3, 0.4) is 0 Å². The molecule has 20 heavy (non-hydrogen) atoms. The molecule has 7 nitrogen and oxygen atoms in total. The number of halogens is 3. The zero-order chi connectivity index (χ0) is 14.8. The Morgan fingerprint density at radius 1 is 1.35 bits per heavy atom. The molecule has 0 aliphatic heterocycles. The van der Waals surface area contributed by atoms with E-state index in [4.69, 9.17) is 10.4 Å². The summed E-state index contributed by atoms with van der Waals surface area (Å²) in [4.78, 5) is 4.08. The summed E-state index contributed by atoms with van der Waals surface area (Å²) < 4.78 is 42.7. The second kappa shape index (κ2) is 5.69. The monoisotopic (exact) mass is 308 g/mol. The molecule has 0 aliphatic carbocycles. The highest BCUT2D eigenvalue weighted by molar-refractivity contribution is 7.98. The largest absolute Gasteiger partial charge is 0.453 e. The van der Waals surface area contributed by atoms with Crippen molar-refractivity contribution in [3.05, 3.63) is 17.5 Å². The fourth-order valence-corrected chi connectivity index (χ4v) is 2.06. The Morgan fingerprint density at radius 2 is 2.10 bits per heavy atom. The molecule has 0 unspecified atom stereocenters. The van der Waals surface area contributed by atoms with E-state index in [0.29, 0.717) is 22.8 Å². The molecule has 2 rings (SSSR count). The van der Waals surface area contributed by atoms with Gasteiger partial charge in [0, 0.05) is 6.42 Å². The maximum Gasteiger partial charge on any atom is 0.453 e. The predicted molar refractivity (Wildman–Crippen MR) is 63.0 cm³/mol. The Morgan fingerprint density at radius 3 is 2.70 bits per heavy atom. The summed E-state index contributed by atoms with van der Waals surface area (Å²) >= 11 is 0.937. The fourth-order valence-electron chi connectivity index (χ4n) is 1.37. The van der Waals surface area contributed by atoms with Gasteiger partial charge in [0.15, 0.2) is 5.82 Å². The first-order valence-electron chi connectivity index (χ1n) is 5.63. The molecule has 2 aromatic heterocycles. The number of aromatic nitrogens is 5. The molecule has 0 saturated heterocycles. The lowest BCUT2D eigenvalue weighted by Crippen LogP contribution is -2.21. The average molecular weight is 308 g/mol. The topological polar surface area (TPSA) is 95.7 Å². The number of nitrogen functional groups attached to an aromatic ring is 1. The van der Waals surface area contributed by atoms with E-state index in [0.717, 1.165) is 18.2 Å². The number of nitrogens with zero attached hydrogens (tertiary/aromatic N) is 5. The van der Waals surface area contributed by atoms with Crippen LogP contribution in [0.4, 0.5) is 13.2 Å². The van der Waals surface area contributed by atoms with Gasteiger partial charge < -0.3 is 10.4 Å². The van der Waals surface area contributed by atoms with E-state index in [1.807, 2.05) is 6.92 Å². The maximum absolute atomic E-state index is 12.5. The zero-order valence-electron chi connectivity index (χ0n) is 10.4. The minimum absolute atomic E-state index is 0.0763. The summed E-state index contributed by atoms with van der Waals surface area (Å²) in [6.45, 7) is 1.97. The number of thioether (sulfide) groups is 1. The highest BCUT2D eigenvalue weighted by Gasteiger charge is 2.38. The first kappa shape index (κ1) is 14.6. The van der Waals surface area contributed by atoms with E-state index in [1.165, 1.54) is 0 Å². The van der Waals surface area contributed by atoms with E-state index >= 15 is 0 Å². The van der Waals surface area contributed by atoms with Crippen molar-refractivity contribution in [1.82, 2.24) is 25.0 Å². The predicted octanol–water partition coefficient (Wildman–Crippen LogP) is 1.64. The molecule has 2 N–H and O–H groups in total. The van der Waals surface area contributed by atoms with Gasteiger partial charge in [0.2, 0.25) is 11.0 Å². The Kier molecular flexibility index (Phi) is 4.16. The van der Waals surface area contributed by atoms with Crippen molar-refractivity contribution in [3.63, 3.8) is 0 Å². The van der Waals surface area contributed by atoms with Crippen molar-refractivity contribution in [2.75, 3.05) is 5.84 Å². The van der Waals surface area contributed by atoms with E-state index in [9.17, 15) is 13.2 Å². The molecule has 0 aromatic carbocycles. The number of nitrogens with two attached hydrogens (primary N) is 1. The van der Waals surface area contributed by atoms with Gasteiger partial charge in [-0.3, -0.25) is 0 Å². The normalized spacial score (nSPS) is 12.0. The molecule has 0 atom stereocenters. The highest BCUT2D eigenvalue weighted by Crippen LogP contribution is 2.29. The third-order valence-corrected chi connectivity index (χ3v) is 3.15. The second-order valence-electron chi connectivity index (χ2n) is 3.82. The minimum atomic E-state index is -4.64. The summed E-state index contributed by atoms with van der Waals surface area (Å²) in [6, 6.07) is 0. The number of hydrogen-bond acceptors (Lipinski definition) is 7. The number of rotatable bonds is 5. The molecule has 0 bridgehead atoms. The highest BCUT2D eigenvalue weighted by atomic mass is 32.2. The number of aryl methyl sites for hydroxylation is 1. The lowest BCUT2D eigenvalue weighted by atomic mass is 10.3. The van der Waals surface area contributed by atoms with E-state index < -0.39 is 12.0 Å². The van der Waals surface area contributed by atoms with Crippen LogP contribution in [0.5, 0.6) is 0 Å². The maximum atomic E-state index is 12.5. The molecule has 110 valence electrons. The van der Waals surface area contributed by atoms with Crippen LogP contribution in [0.15, 0.2) is 9.68 Å². The average Bonchev–Trinajstić information content (AvgIpc) is 2.93. The Labute approximate surface area is 115 Å². The SMILES string of the molecule is CCCc1noc(CSc2nnc(C(F)(F)F)n2N)n1.